The van der Waals surface area contributed by atoms with Crippen LogP contribution in [0.15, 0.2) is 48.5 Å². The molecule has 0 aliphatic carbocycles. The first kappa shape index (κ1) is 19.5. The zero-order valence-corrected chi connectivity index (χ0v) is 16.0. The number of aryl methyl sites for hydroxylation is 1. The molecule has 7 heteroatoms. The molecule has 2 aromatic rings. The molecular weight excluding hydrogens is 356 g/mol. The molecule has 28 heavy (non-hydrogen) atoms. The molecule has 3 amide bonds. The minimum atomic E-state index is -0.359. The number of carbonyl (C=O) groups excluding carboxylic acids is 2. The number of carbonyl (C=O) groups is 2. The van der Waals surface area contributed by atoms with Crippen molar-refractivity contribution in [1.29, 1.82) is 0 Å². The minimum absolute atomic E-state index is 0.0314. The zero-order valence-electron chi connectivity index (χ0n) is 16.0. The van der Waals surface area contributed by atoms with Gasteiger partial charge in [-0.25, -0.2) is 4.79 Å². The van der Waals surface area contributed by atoms with Crippen LogP contribution in [-0.2, 0) is 11.3 Å². The van der Waals surface area contributed by atoms with Gasteiger partial charge < -0.3 is 25.5 Å². The van der Waals surface area contributed by atoms with Crippen LogP contribution in [0.4, 0.5) is 10.5 Å². The number of benzene rings is 2. The van der Waals surface area contributed by atoms with E-state index in [4.69, 9.17) is 0 Å². The molecule has 0 saturated carbocycles. The Hall–Kier alpha value is -3.22. The van der Waals surface area contributed by atoms with E-state index in [0.29, 0.717) is 32.7 Å². The summed E-state index contributed by atoms with van der Waals surface area (Å²) < 4.78 is 0. The molecule has 0 bridgehead atoms. The van der Waals surface area contributed by atoms with E-state index in [-0.39, 0.29) is 24.2 Å². The fraction of sp³-hybridized carbons (Fsp3) is 0.333. The highest BCUT2D eigenvalue weighted by Crippen LogP contribution is 2.27. The van der Waals surface area contributed by atoms with Crippen molar-refractivity contribution < 1.29 is 14.7 Å². The molecule has 0 radical (unpaired) electrons. The summed E-state index contributed by atoms with van der Waals surface area (Å²) in [5.41, 5.74) is 2.96. The lowest BCUT2D eigenvalue weighted by Crippen LogP contribution is -2.52. The average Bonchev–Trinajstić information content (AvgIpc) is 2.72. The molecule has 148 valence electrons. The van der Waals surface area contributed by atoms with Gasteiger partial charge in [-0.15, -0.1) is 0 Å². The van der Waals surface area contributed by atoms with E-state index >= 15 is 0 Å². The molecule has 0 aromatic heterocycles. The van der Waals surface area contributed by atoms with Gasteiger partial charge in [0.15, 0.2) is 0 Å². The number of amides is 3. The number of phenols is 1. The topological polar surface area (TPSA) is 84.9 Å². The Balaban J connectivity index is 1.39. The summed E-state index contributed by atoms with van der Waals surface area (Å²) in [5.74, 6) is 0.136. The van der Waals surface area contributed by atoms with E-state index < -0.39 is 0 Å². The largest absolute Gasteiger partial charge is 0.506 e. The smallest absolute Gasteiger partial charge is 0.315 e. The number of rotatable bonds is 5. The van der Waals surface area contributed by atoms with Crippen LogP contribution in [0.25, 0.3) is 0 Å². The maximum absolute atomic E-state index is 12.3. The van der Waals surface area contributed by atoms with Crippen LogP contribution >= 0.6 is 0 Å². The van der Waals surface area contributed by atoms with Gasteiger partial charge >= 0.3 is 6.03 Å². The maximum Gasteiger partial charge on any atom is 0.315 e. The Morgan fingerprint density at radius 1 is 0.964 bits per heavy atom. The summed E-state index contributed by atoms with van der Waals surface area (Å²) in [5, 5.41) is 15.3. The van der Waals surface area contributed by atoms with Gasteiger partial charge in [0.25, 0.3) is 0 Å². The van der Waals surface area contributed by atoms with Crippen LogP contribution in [0.5, 0.6) is 5.75 Å². The highest BCUT2D eigenvalue weighted by Gasteiger charge is 2.22. The summed E-state index contributed by atoms with van der Waals surface area (Å²) in [4.78, 5) is 28.0. The Bertz CT molecular complexity index is 815. The fourth-order valence-electron chi connectivity index (χ4n) is 3.15. The van der Waals surface area contributed by atoms with Crippen molar-refractivity contribution >= 4 is 17.6 Å². The molecule has 2 aromatic carbocycles. The highest BCUT2D eigenvalue weighted by molar-refractivity contribution is 5.84. The van der Waals surface area contributed by atoms with Crippen molar-refractivity contribution in [1.82, 2.24) is 15.5 Å². The second-order valence-corrected chi connectivity index (χ2v) is 6.88. The number of piperazine rings is 1. The van der Waals surface area contributed by atoms with Gasteiger partial charge in [-0.2, -0.15) is 0 Å². The van der Waals surface area contributed by atoms with Gasteiger partial charge in [0.2, 0.25) is 5.91 Å². The second kappa shape index (κ2) is 9.12. The number of hydrogen-bond acceptors (Lipinski definition) is 4. The zero-order chi connectivity index (χ0) is 19.9. The van der Waals surface area contributed by atoms with Crippen LogP contribution in [-0.4, -0.2) is 54.7 Å². The number of nitrogens with one attached hydrogen (secondary N) is 2. The molecule has 1 fully saturated rings. The molecule has 1 saturated heterocycles. The van der Waals surface area contributed by atoms with E-state index in [1.165, 1.54) is 5.56 Å². The second-order valence-electron chi connectivity index (χ2n) is 6.88. The number of hydrogen-bond donors (Lipinski definition) is 3. The first-order valence-electron chi connectivity index (χ1n) is 9.41. The first-order chi connectivity index (χ1) is 13.5. The lowest BCUT2D eigenvalue weighted by molar-refractivity contribution is -0.130. The number of nitrogens with zero attached hydrogens (tertiary/aromatic N) is 2. The predicted molar refractivity (Wildman–Crippen MR) is 108 cm³/mol. The SMILES string of the molecule is Cc1ccc(CNC(=O)NCC(=O)N2CCN(c3ccccc3O)CC2)cc1. The number of aromatic hydroxyl groups is 1. The number of para-hydroxylation sites is 2. The highest BCUT2D eigenvalue weighted by atomic mass is 16.3. The molecule has 3 N–H and O–H groups in total. The van der Waals surface area contributed by atoms with Gasteiger partial charge in [-0.05, 0) is 24.6 Å². The van der Waals surface area contributed by atoms with E-state index in [2.05, 4.69) is 15.5 Å². The fourth-order valence-corrected chi connectivity index (χ4v) is 3.15. The molecule has 1 heterocycles. The summed E-state index contributed by atoms with van der Waals surface area (Å²) >= 11 is 0. The standard InChI is InChI=1S/C21H26N4O3/c1-16-6-8-17(9-7-16)14-22-21(28)23-15-20(27)25-12-10-24(11-13-25)18-4-2-3-5-19(18)26/h2-9,26H,10-15H2,1H3,(H2,22,23,28). The molecule has 0 unspecified atom stereocenters. The van der Waals surface area contributed by atoms with Gasteiger partial charge in [0.05, 0.1) is 12.2 Å². The summed E-state index contributed by atoms with van der Waals surface area (Å²) in [6, 6.07) is 14.7. The van der Waals surface area contributed by atoms with Crippen molar-refractivity contribution in [2.75, 3.05) is 37.6 Å². The van der Waals surface area contributed by atoms with Crippen molar-refractivity contribution in [2.45, 2.75) is 13.5 Å². The predicted octanol–water partition coefficient (Wildman–Crippen LogP) is 1.85. The number of anilines is 1. The summed E-state index contributed by atoms with van der Waals surface area (Å²) in [7, 11) is 0. The van der Waals surface area contributed by atoms with Gasteiger partial charge in [0, 0.05) is 32.7 Å². The Morgan fingerprint density at radius 2 is 1.64 bits per heavy atom. The van der Waals surface area contributed by atoms with Crippen molar-refractivity contribution in [3.8, 4) is 5.75 Å². The molecule has 3 rings (SSSR count). The molecule has 7 nitrogen and oxygen atoms in total. The third-order valence-electron chi connectivity index (χ3n) is 4.83. The Morgan fingerprint density at radius 3 is 2.32 bits per heavy atom. The van der Waals surface area contributed by atoms with Crippen molar-refractivity contribution in [3.05, 3.63) is 59.7 Å². The summed E-state index contributed by atoms with van der Waals surface area (Å²) in [6.07, 6.45) is 0. The Labute approximate surface area is 165 Å². The summed E-state index contributed by atoms with van der Waals surface area (Å²) in [6.45, 7) is 4.79. The van der Waals surface area contributed by atoms with E-state index in [0.717, 1.165) is 11.3 Å². The van der Waals surface area contributed by atoms with Crippen LogP contribution in [0, 0.1) is 6.92 Å². The first-order valence-corrected chi connectivity index (χ1v) is 9.41. The lowest BCUT2D eigenvalue weighted by atomic mass is 10.1. The van der Waals surface area contributed by atoms with Crippen LogP contribution < -0.4 is 15.5 Å². The normalized spacial score (nSPS) is 13.9. The maximum atomic E-state index is 12.3. The van der Waals surface area contributed by atoms with Gasteiger partial charge in [-0.1, -0.05) is 42.0 Å². The Kier molecular flexibility index (Phi) is 6.37. The number of phenolic OH excluding ortho intramolecular Hbond substituents is 1. The third kappa shape index (κ3) is 5.16. The monoisotopic (exact) mass is 382 g/mol. The minimum Gasteiger partial charge on any atom is -0.506 e. The molecule has 0 atom stereocenters. The van der Waals surface area contributed by atoms with Crippen LogP contribution in [0.1, 0.15) is 11.1 Å². The lowest BCUT2D eigenvalue weighted by Gasteiger charge is -2.36. The van der Waals surface area contributed by atoms with E-state index in [1.54, 1.807) is 17.0 Å². The van der Waals surface area contributed by atoms with Gasteiger partial charge in [-0.3, -0.25) is 4.79 Å². The third-order valence-corrected chi connectivity index (χ3v) is 4.83. The quantitative estimate of drug-likeness (QED) is 0.737. The van der Waals surface area contributed by atoms with Crippen molar-refractivity contribution in [3.63, 3.8) is 0 Å². The van der Waals surface area contributed by atoms with Crippen molar-refractivity contribution in [2.24, 2.45) is 0 Å². The van der Waals surface area contributed by atoms with Crippen LogP contribution in [0.2, 0.25) is 0 Å². The molecule has 0 spiro atoms. The van der Waals surface area contributed by atoms with E-state index in [1.807, 2.05) is 43.3 Å². The van der Waals surface area contributed by atoms with Gasteiger partial charge in [0.1, 0.15) is 5.75 Å². The molecular formula is C21H26N4O3. The number of urea groups is 1. The molecule has 1 aliphatic rings. The van der Waals surface area contributed by atoms with Crippen LogP contribution in [0.3, 0.4) is 0 Å². The van der Waals surface area contributed by atoms with E-state index in [9.17, 15) is 14.7 Å². The average molecular weight is 382 g/mol. The molecule has 1 aliphatic heterocycles.